The van der Waals surface area contributed by atoms with Gasteiger partial charge in [0.05, 0.1) is 12.0 Å². The predicted molar refractivity (Wildman–Crippen MR) is 67.4 cm³/mol. The van der Waals surface area contributed by atoms with Crippen LogP contribution in [-0.4, -0.2) is 15.0 Å². The van der Waals surface area contributed by atoms with E-state index in [0.29, 0.717) is 17.4 Å². The molecular formula is C13H10N4O. The molecule has 3 aromatic heterocycles. The molecule has 3 aromatic rings. The van der Waals surface area contributed by atoms with E-state index in [1.807, 2.05) is 18.2 Å². The third kappa shape index (κ3) is 1.93. The summed E-state index contributed by atoms with van der Waals surface area (Å²) < 4.78 is 5.27. The summed E-state index contributed by atoms with van der Waals surface area (Å²) in [5, 5.41) is 0. The zero-order valence-corrected chi connectivity index (χ0v) is 9.45. The number of aromatic nitrogens is 3. The van der Waals surface area contributed by atoms with Gasteiger partial charge in [-0.2, -0.15) is 0 Å². The minimum Gasteiger partial charge on any atom is -0.461 e. The second kappa shape index (κ2) is 4.29. The van der Waals surface area contributed by atoms with Crippen molar-refractivity contribution in [2.24, 2.45) is 0 Å². The molecule has 0 saturated heterocycles. The van der Waals surface area contributed by atoms with E-state index in [4.69, 9.17) is 10.2 Å². The topological polar surface area (TPSA) is 77.8 Å². The largest absolute Gasteiger partial charge is 0.461 e. The molecule has 0 spiro atoms. The van der Waals surface area contributed by atoms with Gasteiger partial charge in [-0.15, -0.1) is 0 Å². The van der Waals surface area contributed by atoms with Gasteiger partial charge in [-0.25, -0.2) is 15.0 Å². The molecule has 0 aliphatic heterocycles. The fourth-order valence-electron chi connectivity index (χ4n) is 1.60. The maximum Gasteiger partial charge on any atom is 0.196 e. The molecule has 0 bridgehead atoms. The monoisotopic (exact) mass is 238 g/mol. The van der Waals surface area contributed by atoms with Gasteiger partial charge in [0.1, 0.15) is 5.82 Å². The number of nitrogens with two attached hydrogens (primary N) is 1. The average Bonchev–Trinajstić information content (AvgIpc) is 2.94. The molecule has 5 nitrogen and oxygen atoms in total. The summed E-state index contributed by atoms with van der Waals surface area (Å²) in [6, 6.07) is 9.05. The molecule has 18 heavy (non-hydrogen) atoms. The molecule has 2 N–H and O–H groups in total. The van der Waals surface area contributed by atoms with E-state index >= 15 is 0 Å². The minimum absolute atomic E-state index is 0.485. The van der Waals surface area contributed by atoms with Gasteiger partial charge >= 0.3 is 0 Å². The number of hydrogen-bond acceptors (Lipinski definition) is 5. The molecule has 0 unspecified atom stereocenters. The van der Waals surface area contributed by atoms with Crippen molar-refractivity contribution in [2.45, 2.75) is 0 Å². The van der Waals surface area contributed by atoms with Crippen LogP contribution in [0.25, 0.3) is 22.8 Å². The van der Waals surface area contributed by atoms with Gasteiger partial charge in [-0.1, -0.05) is 0 Å². The molecule has 0 aliphatic carbocycles. The van der Waals surface area contributed by atoms with Crippen LogP contribution < -0.4 is 5.73 Å². The van der Waals surface area contributed by atoms with Crippen molar-refractivity contribution in [3.63, 3.8) is 0 Å². The molecule has 0 atom stereocenters. The fourth-order valence-corrected chi connectivity index (χ4v) is 1.60. The van der Waals surface area contributed by atoms with Gasteiger partial charge in [0.25, 0.3) is 0 Å². The van der Waals surface area contributed by atoms with E-state index in [1.165, 1.54) is 0 Å². The molecule has 5 heteroatoms. The number of pyridine rings is 1. The lowest BCUT2D eigenvalue weighted by atomic mass is 10.2. The van der Waals surface area contributed by atoms with Crippen LogP contribution in [0, 0.1) is 0 Å². The van der Waals surface area contributed by atoms with Gasteiger partial charge < -0.3 is 10.2 Å². The Morgan fingerprint density at radius 3 is 2.72 bits per heavy atom. The first-order valence-electron chi connectivity index (χ1n) is 5.42. The first kappa shape index (κ1) is 10.5. The van der Waals surface area contributed by atoms with Crippen LogP contribution in [0.1, 0.15) is 0 Å². The summed E-state index contributed by atoms with van der Waals surface area (Å²) in [6.45, 7) is 0. The van der Waals surface area contributed by atoms with Crippen LogP contribution in [0.15, 0.2) is 53.4 Å². The van der Waals surface area contributed by atoms with E-state index in [0.717, 1.165) is 11.3 Å². The van der Waals surface area contributed by atoms with Crippen molar-refractivity contribution < 1.29 is 4.42 Å². The van der Waals surface area contributed by atoms with Crippen LogP contribution in [0.3, 0.4) is 0 Å². The third-order valence-electron chi connectivity index (χ3n) is 2.48. The van der Waals surface area contributed by atoms with Gasteiger partial charge in [0.2, 0.25) is 0 Å². The first-order chi connectivity index (χ1) is 8.83. The summed E-state index contributed by atoms with van der Waals surface area (Å²) >= 11 is 0. The Bertz CT molecular complexity index is 647. The van der Waals surface area contributed by atoms with Crippen molar-refractivity contribution >= 4 is 5.82 Å². The Hall–Kier alpha value is -2.69. The molecule has 0 radical (unpaired) electrons. The predicted octanol–water partition coefficient (Wildman–Crippen LogP) is 2.38. The highest BCUT2D eigenvalue weighted by atomic mass is 16.3. The number of rotatable bonds is 2. The molecule has 0 aliphatic rings. The fraction of sp³-hybridized carbons (Fsp3) is 0. The Labute approximate surface area is 103 Å². The van der Waals surface area contributed by atoms with Crippen molar-refractivity contribution in [3.8, 4) is 22.8 Å². The summed E-state index contributed by atoms with van der Waals surface area (Å²) in [5.41, 5.74) is 7.22. The van der Waals surface area contributed by atoms with Gasteiger partial charge in [-0.3, -0.25) is 0 Å². The summed E-state index contributed by atoms with van der Waals surface area (Å²) in [6.07, 6.45) is 4.97. The lowest BCUT2D eigenvalue weighted by Gasteiger charge is -2.02. The standard InChI is InChI=1S/C13H10N4O/c14-12-4-3-9(8-16-12)10-5-6-15-13(17-10)11-2-1-7-18-11/h1-8H,(H2,14,16). The normalized spacial score (nSPS) is 10.4. The van der Waals surface area contributed by atoms with Crippen LogP contribution in [-0.2, 0) is 0 Å². The maximum absolute atomic E-state index is 5.55. The van der Waals surface area contributed by atoms with Crippen molar-refractivity contribution in [2.75, 3.05) is 5.73 Å². The van der Waals surface area contributed by atoms with E-state index in [2.05, 4.69) is 15.0 Å². The average molecular weight is 238 g/mol. The van der Waals surface area contributed by atoms with E-state index < -0.39 is 0 Å². The number of hydrogen-bond donors (Lipinski definition) is 1. The summed E-state index contributed by atoms with van der Waals surface area (Å²) in [5.74, 6) is 1.67. The zero-order chi connectivity index (χ0) is 12.4. The van der Waals surface area contributed by atoms with E-state index in [9.17, 15) is 0 Å². The van der Waals surface area contributed by atoms with Crippen molar-refractivity contribution in [1.82, 2.24) is 15.0 Å². The van der Waals surface area contributed by atoms with Crippen LogP contribution >= 0.6 is 0 Å². The first-order valence-corrected chi connectivity index (χ1v) is 5.42. The maximum atomic E-state index is 5.55. The molecule has 0 saturated carbocycles. The SMILES string of the molecule is Nc1ccc(-c2ccnc(-c3ccco3)n2)cn1. The molecule has 3 heterocycles. The number of anilines is 1. The molecule has 0 amide bonds. The second-order valence-electron chi connectivity index (χ2n) is 3.71. The second-order valence-corrected chi connectivity index (χ2v) is 3.71. The Balaban J connectivity index is 2.03. The van der Waals surface area contributed by atoms with Gasteiger partial charge in [0, 0.05) is 18.0 Å². The number of nitrogens with zero attached hydrogens (tertiary/aromatic N) is 3. The lowest BCUT2D eigenvalue weighted by molar-refractivity contribution is 0.577. The molecule has 0 aromatic carbocycles. The highest BCUT2D eigenvalue weighted by Gasteiger charge is 2.06. The minimum atomic E-state index is 0.485. The molecule has 88 valence electrons. The molecule has 0 fully saturated rings. The van der Waals surface area contributed by atoms with Crippen LogP contribution in [0.4, 0.5) is 5.82 Å². The number of furan rings is 1. The summed E-state index contributed by atoms with van der Waals surface area (Å²) in [7, 11) is 0. The Kier molecular flexibility index (Phi) is 2.49. The van der Waals surface area contributed by atoms with E-state index in [1.54, 1.807) is 30.8 Å². The zero-order valence-electron chi connectivity index (χ0n) is 9.45. The molecule has 3 rings (SSSR count). The molecular weight excluding hydrogens is 228 g/mol. The third-order valence-corrected chi connectivity index (χ3v) is 2.48. The highest BCUT2D eigenvalue weighted by Crippen LogP contribution is 2.20. The van der Waals surface area contributed by atoms with Crippen LogP contribution in [0.2, 0.25) is 0 Å². The Morgan fingerprint density at radius 2 is 2.00 bits per heavy atom. The Morgan fingerprint density at radius 1 is 1.06 bits per heavy atom. The van der Waals surface area contributed by atoms with Gasteiger partial charge in [0.15, 0.2) is 11.6 Å². The van der Waals surface area contributed by atoms with Gasteiger partial charge in [-0.05, 0) is 30.3 Å². The quantitative estimate of drug-likeness (QED) is 0.741. The lowest BCUT2D eigenvalue weighted by Crippen LogP contribution is -1.93. The van der Waals surface area contributed by atoms with Crippen LogP contribution in [0.5, 0.6) is 0 Å². The van der Waals surface area contributed by atoms with E-state index in [-0.39, 0.29) is 0 Å². The highest BCUT2D eigenvalue weighted by molar-refractivity contribution is 5.61. The smallest absolute Gasteiger partial charge is 0.196 e. The van der Waals surface area contributed by atoms with Crippen molar-refractivity contribution in [1.29, 1.82) is 0 Å². The summed E-state index contributed by atoms with van der Waals surface area (Å²) in [4.78, 5) is 12.6. The number of nitrogen functional groups attached to an aromatic ring is 1. The van der Waals surface area contributed by atoms with Crippen molar-refractivity contribution in [3.05, 3.63) is 49.0 Å².